The molecule has 18 heavy (non-hydrogen) atoms. The maximum atomic E-state index is 13.0. The summed E-state index contributed by atoms with van der Waals surface area (Å²) in [6.07, 6.45) is -3.11. The summed E-state index contributed by atoms with van der Waals surface area (Å²) in [5.41, 5.74) is 0.791. The Balaban J connectivity index is 0.00000137. The van der Waals surface area contributed by atoms with Crippen LogP contribution in [0.5, 0.6) is 0 Å². The Morgan fingerprint density at radius 2 is 1.72 bits per heavy atom. The standard InChI is InChI=1S/C13H14F2O.C2H6/c1-11(2)13(14,15)16-10-6-9-12-7-4-3-5-8-12;1-2/h3-5,7-8,11H,10H2,1-2H3;1-2H3. The fourth-order valence-corrected chi connectivity index (χ4v) is 0.959. The molecule has 0 saturated carbocycles. The van der Waals surface area contributed by atoms with E-state index in [2.05, 4.69) is 16.6 Å². The third-order valence-electron chi connectivity index (χ3n) is 2.02. The van der Waals surface area contributed by atoms with Crippen LogP contribution in [0.15, 0.2) is 30.3 Å². The summed E-state index contributed by atoms with van der Waals surface area (Å²) in [5, 5.41) is 0. The molecule has 0 atom stereocenters. The van der Waals surface area contributed by atoms with Crippen LogP contribution in [-0.2, 0) is 4.74 Å². The van der Waals surface area contributed by atoms with E-state index in [0.29, 0.717) is 0 Å². The Labute approximate surface area is 108 Å². The number of alkyl halides is 2. The lowest BCUT2D eigenvalue weighted by Crippen LogP contribution is -2.27. The van der Waals surface area contributed by atoms with Crippen LogP contribution in [0.1, 0.15) is 33.3 Å². The molecular formula is C15H20F2O. The highest BCUT2D eigenvalue weighted by Gasteiger charge is 2.33. The molecule has 1 nitrogen and oxygen atoms in total. The predicted octanol–water partition coefficient (Wildman–Crippen LogP) is 4.33. The lowest BCUT2D eigenvalue weighted by atomic mass is 10.2. The summed E-state index contributed by atoms with van der Waals surface area (Å²) in [5.74, 6) is 4.47. The second-order valence-corrected chi connectivity index (χ2v) is 3.67. The summed E-state index contributed by atoms with van der Waals surface area (Å²) < 4.78 is 30.4. The van der Waals surface area contributed by atoms with E-state index in [1.54, 1.807) is 0 Å². The van der Waals surface area contributed by atoms with Crippen LogP contribution in [-0.4, -0.2) is 12.7 Å². The minimum Gasteiger partial charge on any atom is -0.307 e. The summed E-state index contributed by atoms with van der Waals surface area (Å²) in [4.78, 5) is 0. The first-order chi connectivity index (χ1) is 8.52. The van der Waals surface area contributed by atoms with Crippen molar-refractivity contribution in [3.05, 3.63) is 35.9 Å². The summed E-state index contributed by atoms with van der Waals surface area (Å²) in [6.45, 7) is 6.55. The first-order valence-corrected chi connectivity index (χ1v) is 6.08. The van der Waals surface area contributed by atoms with Gasteiger partial charge in [0.1, 0.15) is 6.61 Å². The molecule has 0 bridgehead atoms. The van der Waals surface area contributed by atoms with Gasteiger partial charge < -0.3 is 4.74 Å². The molecule has 0 amide bonds. The molecule has 3 heteroatoms. The van der Waals surface area contributed by atoms with Gasteiger partial charge in [0.2, 0.25) is 0 Å². The van der Waals surface area contributed by atoms with Crippen LogP contribution < -0.4 is 0 Å². The van der Waals surface area contributed by atoms with Gasteiger partial charge in [-0.2, -0.15) is 8.78 Å². The first kappa shape index (κ1) is 16.6. The fraction of sp³-hybridized carbons (Fsp3) is 0.467. The van der Waals surface area contributed by atoms with E-state index in [0.717, 1.165) is 5.56 Å². The third kappa shape index (κ3) is 6.36. The average Bonchev–Trinajstić information content (AvgIpc) is 2.38. The first-order valence-electron chi connectivity index (χ1n) is 6.08. The van der Waals surface area contributed by atoms with E-state index in [4.69, 9.17) is 0 Å². The van der Waals surface area contributed by atoms with E-state index in [9.17, 15) is 8.78 Å². The van der Waals surface area contributed by atoms with Gasteiger partial charge in [0.05, 0.1) is 0 Å². The molecule has 1 rings (SSSR count). The molecule has 0 aliphatic rings. The lowest BCUT2D eigenvalue weighted by molar-refractivity contribution is -0.257. The summed E-state index contributed by atoms with van der Waals surface area (Å²) >= 11 is 0. The van der Waals surface area contributed by atoms with Crippen molar-refractivity contribution in [3.8, 4) is 11.8 Å². The van der Waals surface area contributed by atoms with Gasteiger partial charge in [0, 0.05) is 11.5 Å². The molecule has 0 aliphatic heterocycles. The molecule has 0 N–H and O–H groups in total. The molecular weight excluding hydrogens is 234 g/mol. The Morgan fingerprint density at radius 1 is 1.17 bits per heavy atom. The van der Waals surface area contributed by atoms with Gasteiger partial charge >= 0.3 is 6.11 Å². The van der Waals surface area contributed by atoms with Crippen LogP contribution >= 0.6 is 0 Å². The third-order valence-corrected chi connectivity index (χ3v) is 2.02. The second kappa shape index (κ2) is 8.66. The van der Waals surface area contributed by atoms with Crippen LogP contribution in [0.25, 0.3) is 0 Å². The zero-order chi connectivity index (χ0) is 14.0. The Hall–Kier alpha value is -1.40. The Morgan fingerprint density at radius 3 is 2.22 bits per heavy atom. The van der Waals surface area contributed by atoms with Crippen LogP contribution in [0.2, 0.25) is 0 Å². The molecule has 0 unspecified atom stereocenters. The summed E-state index contributed by atoms with van der Waals surface area (Å²) in [6, 6.07) is 9.18. The molecule has 0 aliphatic carbocycles. The fourth-order valence-electron chi connectivity index (χ4n) is 0.959. The van der Waals surface area contributed by atoms with Crippen molar-refractivity contribution in [1.82, 2.24) is 0 Å². The monoisotopic (exact) mass is 254 g/mol. The zero-order valence-electron chi connectivity index (χ0n) is 11.3. The number of ether oxygens (including phenoxy) is 1. The van der Waals surface area contributed by atoms with Crippen LogP contribution in [0.3, 0.4) is 0 Å². The maximum Gasteiger partial charge on any atom is 0.358 e. The highest BCUT2D eigenvalue weighted by molar-refractivity contribution is 5.33. The maximum absolute atomic E-state index is 13.0. The number of hydrogen-bond donors (Lipinski definition) is 0. The molecule has 0 spiro atoms. The number of rotatable bonds is 3. The highest BCUT2D eigenvalue weighted by Crippen LogP contribution is 2.24. The van der Waals surface area contributed by atoms with Gasteiger partial charge in [0.15, 0.2) is 0 Å². The van der Waals surface area contributed by atoms with Crippen molar-refractivity contribution in [2.45, 2.75) is 33.8 Å². The smallest absolute Gasteiger partial charge is 0.307 e. The second-order valence-electron chi connectivity index (χ2n) is 3.67. The molecule has 0 saturated heterocycles. The van der Waals surface area contributed by atoms with Gasteiger partial charge in [-0.25, -0.2) is 0 Å². The van der Waals surface area contributed by atoms with E-state index in [1.807, 2.05) is 44.2 Å². The summed E-state index contributed by atoms with van der Waals surface area (Å²) in [7, 11) is 0. The minimum atomic E-state index is -3.11. The predicted molar refractivity (Wildman–Crippen MR) is 70.4 cm³/mol. The number of hydrogen-bond acceptors (Lipinski definition) is 1. The van der Waals surface area contributed by atoms with E-state index < -0.39 is 12.0 Å². The highest BCUT2D eigenvalue weighted by atomic mass is 19.3. The molecule has 100 valence electrons. The van der Waals surface area contributed by atoms with Crippen molar-refractivity contribution in [3.63, 3.8) is 0 Å². The van der Waals surface area contributed by atoms with Crippen molar-refractivity contribution < 1.29 is 13.5 Å². The van der Waals surface area contributed by atoms with Crippen molar-refractivity contribution in [2.75, 3.05) is 6.61 Å². The Bertz CT molecular complexity index is 374. The molecule has 0 fully saturated rings. The number of benzene rings is 1. The van der Waals surface area contributed by atoms with Gasteiger partial charge in [-0.15, -0.1) is 0 Å². The van der Waals surface area contributed by atoms with Crippen LogP contribution in [0, 0.1) is 17.8 Å². The topological polar surface area (TPSA) is 9.23 Å². The Kier molecular flexibility index (Phi) is 7.98. The van der Waals surface area contributed by atoms with E-state index in [-0.39, 0.29) is 6.61 Å². The molecule has 0 radical (unpaired) electrons. The molecule has 0 heterocycles. The van der Waals surface area contributed by atoms with Gasteiger partial charge in [-0.1, -0.05) is 57.7 Å². The quantitative estimate of drug-likeness (QED) is 0.729. The van der Waals surface area contributed by atoms with Gasteiger partial charge in [-0.05, 0) is 12.1 Å². The zero-order valence-corrected chi connectivity index (χ0v) is 11.3. The minimum absolute atomic E-state index is 0.264. The normalized spacial score (nSPS) is 10.2. The van der Waals surface area contributed by atoms with Crippen molar-refractivity contribution in [2.24, 2.45) is 5.92 Å². The van der Waals surface area contributed by atoms with Gasteiger partial charge in [-0.3, -0.25) is 0 Å². The molecule has 1 aromatic carbocycles. The SMILES string of the molecule is CC.CC(C)C(F)(F)OCC#Cc1ccccc1. The van der Waals surface area contributed by atoms with Crippen molar-refractivity contribution in [1.29, 1.82) is 0 Å². The van der Waals surface area contributed by atoms with Gasteiger partial charge in [0.25, 0.3) is 0 Å². The average molecular weight is 254 g/mol. The van der Waals surface area contributed by atoms with Crippen LogP contribution in [0.4, 0.5) is 8.78 Å². The number of halogens is 2. The lowest BCUT2D eigenvalue weighted by Gasteiger charge is -2.18. The molecule has 0 aromatic heterocycles. The van der Waals surface area contributed by atoms with E-state index >= 15 is 0 Å². The molecule has 1 aromatic rings. The largest absolute Gasteiger partial charge is 0.358 e. The van der Waals surface area contributed by atoms with Crippen molar-refractivity contribution >= 4 is 0 Å². The van der Waals surface area contributed by atoms with E-state index in [1.165, 1.54) is 13.8 Å².